The van der Waals surface area contributed by atoms with Crippen LogP contribution in [0.2, 0.25) is 0 Å². The molecule has 1 amide bonds. The van der Waals surface area contributed by atoms with Crippen LogP contribution in [0.25, 0.3) is 0 Å². The first-order valence-corrected chi connectivity index (χ1v) is 15.5. The summed E-state index contributed by atoms with van der Waals surface area (Å²) in [5.74, 6) is 0.460. The van der Waals surface area contributed by atoms with E-state index >= 15 is 0 Å². The average Bonchev–Trinajstić information content (AvgIpc) is 3.35. The number of rotatable bonds is 9. The fourth-order valence-corrected chi connectivity index (χ4v) is 7.30. The van der Waals surface area contributed by atoms with Crippen molar-refractivity contribution in [2.45, 2.75) is 63.7 Å². The first-order chi connectivity index (χ1) is 17.8. The first kappa shape index (κ1) is 29.0. The summed E-state index contributed by atoms with van der Waals surface area (Å²) in [6, 6.07) is 6.48. The van der Waals surface area contributed by atoms with Crippen molar-refractivity contribution in [2.24, 2.45) is 11.8 Å². The van der Waals surface area contributed by atoms with Crippen molar-refractivity contribution in [1.82, 2.24) is 14.8 Å². The second-order valence-corrected chi connectivity index (χ2v) is 13.9. The van der Waals surface area contributed by atoms with Gasteiger partial charge in [0.2, 0.25) is 5.91 Å². The van der Waals surface area contributed by atoms with Gasteiger partial charge in [0.25, 0.3) is 0 Å². The summed E-state index contributed by atoms with van der Waals surface area (Å²) in [5, 5.41) is 3.44. The Balaban J connectivity index is 1.33. The molecule has 1 saturated heterocycles. The number of hydrogen-bond acceptors (Lipinski definition) is 7. The van der Waals surface area contributed by atoms with Gasteiger partial charge in [-0.05, 0) is 55.5 Å². The highest BCUT2D eigenvalue weighted by atomic mass is 32.2. The highest BCUT2D eigenvalue weighted by molar-refractivity contribution is 7.91. The van der Waals surface area contributed by atoms with E-state index in [0.29, 0.717) is 35.6 Å². The molecule has 1 atom stereocenters. The number of halogens is 3. The van der Waals surface area contributed by atoms with Crippen molar-refractivity contribution in [3.63, 3.8) is 0 Å². The van der Waals surface area contributed by atoms with Crippen LogP contribution < -0.4 is 5.32 Å². The Bertz CT molecular complexity index is 1220. The molecule has 0 saturated carbocycles. The number of aromatic nitrogens is 1. The predicted octanol–water partition coefficient (Wildman–Crippen LogP) is 4.90. The van der Waals surface area contributed by atoms with Gasteiger partial charge in [-0.1, -0.05) is 32.9 Å². The molecule has 3 heterocycles. The molecule has 1 N–H and O–H groups in total. The third-order valence-electron chi connectivity index (χ3n) is 7.26. The molecule has 1 unspecified atom stereocenters. The Labute approximate surface area is 226 Å². The highest BCUT2D eigenvalue weighted by Gasteiger charge is 2.38. The van der Waals surface area contributed by atoms with E-state index in [1.54, 1.807) is 19.1 Å². The lowest BCUT2D eigenvalue weighted by Gasteiger charge is -2.36. The fraction of sp³-hybridized carbons (Fsp3) is 0.615. The molecule has 4 rings (SSSR count). The minimum atomic E-state index is -4.15. The van der Waals surface area contributed by atoms with Crippen molar-refractivity contribution in [1.29, 1.82) is 0 Å². The fourth-order valence-electron chi connectivity index (χ4n) is 5.38. The number of nitrogens with zero attached hydrogens (tertiary/aromatic N) is 3. The Morgan fingerprint density at radius 3 is 2.42 bits per heavy atom. The van der Waals surface area contributed by atoms with Gasteiger partial charge in [0.1, 0.15) is 0 Å². The molecule has 12 heteroatoms. The quantitative estimate of drug-likeness (QED) is 0.460. The molecule has 1 aromatic heterocycles. The Hall–Kier alpha value is -2.02. The summed E-state index contributed by atoms with van der Waals surface area (Å²) in [5.41, 5.74) is 1.69. The Morgan fingerprint density at radius 2 is 1.84 bits per heavy atom. The highest BCUT2D eigenvalue weighted by Crippen LogP contribution is 2.43. The number of piperidine rings is 1. The molecule has 0 aliphatic carbocycles. The van der Waals surface area contributed by atoms with Crippen molar-refractivity contribution in [3.05, 3.63) is 40.4 Å². The average molecular weight is 573 g/mol. The molecule has 7 nitrogen and oxygen atoms in total. The molecule has 0 bridgehead atoms. The maximum Gasteiger partial charge on any atom is 0.401 e. The maximum atomic E-state index is 12.7. The van der Waals surface area contributed by atoms with Crippen molar-refractivity contribution < 1.29 is 26.4 Å². The van der Waals surface area contributed by atoms with Crippen LogP contribution >= 0.6 is 11.3 Å². The van der Waals surface area contributed by atoms with Gasteiger partial charge < -0.3 is 5.32 Å². The molecule has 210 valence electrons. The number of alkyl halides is 3. The lowest BCUT2D eigenvalue weighted by molar-refractivity contribution is -0.148. The zero-order chi connectivity index (χ0) is 27.7. The second-order valence-electron chi connectivity index (χ2n) is 10.6. The summed E-state index contributed by atoms with van der Waals surface area (Å²) >= 11 is 1.47. The zero-order valence-electron chi connectivity index (χ0n) is 21.9. The minimum absolute atomic E-state index is 0.0254. The number of carbonyl (C=O) groups excluding carboxylic acids is 1. The van der Waals surface area contributed by atoms with E-state index in [4.69, 9.17) is 4.98 Å². The van der Waals surface area contributed by atoms with Crippen LogP contribution in [0.3, 0.4) is 0 Å². The van der Waals surface area contributed by atoms with Crippen molar-refractivity contribution in [3.8, 4) is 0 Å². The third kappa shape index (κ3) is 7.13. The number of carbonyl (C=O) groups is 1. The Kier molecular flexibility index (Phi) is 8.85. The van der Waals surface area contributed by atoms with E-state index in [9.17, 15) is 26.4 Å². The maximum absolute atomic E-state index is 12.7. The molecule has 0 radical (unpaired) electrons. The summed E-state index contributed by atoms with van der Waals surface area (Å²) in [6.07, 6.45) is -2.53. The van der Waals surface area contributed by atoms with Crippen molar-refractivity contribution in [2.75, 3.05) is 37.2 Å². The summed E-state index contributed by atoms with van der Waals surface area (Å²) in [4.78, 5) is 22.7. The normalized spacial score (nSPS) is 19.7. The zero-order valence-corrected chi connectivity index (χ0v) is 23.6. The number of benzene rings is 1. The van der Waals surface area contributed by atoms with Gasteiger partial charge in [-0.15, -0.1) is 11.3 Å². The molecular formula is C26H35F3N4O3S2. The van der Waals surface area contributed by atoms with Crippen LogP contribution in [0, 0.1) is 11.8 Å². The largest absolute Gasteiger partial charge is 0.401 e. The second kappa shape index (κ2) is 11.6. The van der Waals surface area contributed by atoms with Crippen LogP contribution in [-0.4, -0.2) is 67.2 Å². The standard InChI is InChI=1S/C26H35F3N4O3S2/c1-4-38(35,36)20-7-5-18(6-8-20)13-22(34)30-25-31-23-21(37-25)15-33(24(23)17(2)3)14-19-9-11-32(12-10-19)16-26(27,28)29/h5-8,17,19,24H,4,9-16H2,1-3H3,(H,30,31,34). The lowest BCUT2D eigenvalue weighted by atomic mass is 9.94. The van der Waals surface area contributed by atoms with Gasteiger partial charge in [0.15, 0.2) is 15.0 Å². The predicted molar refractivity (Wildman–Crippen MR) is 142 cm³/mol. The first-order valence-electron chi connectivity index (χ1n) is 13.0. The Morgan fingerprint density at radius 1 is 1.18 bits per heavy atom. The van der Waals surface area contributed by atoms with Gasteiger partial charge in [-0.2, -0.15) is 13.2 Å². The van der Waals surface area contributed by atoms with E-state index in [1.807, 2.05) is 0 Å². The van der Waals surface area contributed by atoms with Gasteiger partial charge in [-0.25, -0.2) is 13.4 Å². The van der Waals surface area contributed by atoms with E-state index in [1.165, 1.54) is 28.4 Å². The molecule has 0 spiro atoms. The minimum Gasteiger partial charge on any atom is -0.302 e. The number of hydrogen-bond donors (Lipinski definition) is 1. The van der Waals surface area contributed by atoms with Gasteiger partial charge in [0, 0.05) is 18.0 Å². The number of sulfone groups is 1. The van der Waals surface area contributed by atoms with E-state index in [0.717, 1.165) is 36.5 Å². The topological polar surface area (TPSA) is 82.6 Å². The molecule has 1 aromatic carbocycles. The SMILES string of the molecule is CCS(=O)(=O)c1ccc(CC(=O)Nc2nc3c(s2)CN(CC2CCN(CC(F)(F)F)CC2)C3C(C)C)cc1. The van der Waals surface area contributed by atoms with Crippen LogP contribution in [-0.2, 0) is 27.6 Å². The molecule has 2 aliphatic heterocycles. The molecule has 1 fully saturated rings. The molecule has 38 heavy (non-hydrogen) atoms. The number of thiazole rings is 1. The summed E-state index contributed by atoms with van der Waals surface area (Å²) in [7, 11) is -3.28. The number of amides is 1. The van der Waals surface area contributed by atoms with Crippen LogP contribution in [0.4, 0.5) is 18.3 Å². The van der Waals surface area contributed by atoms with Crippen LogP contribution in [0.15, 0.2) is 29.2 Å². The number of anilines is 1. The van der Waals surface area contributed by atoms with Gasteiger partial charge in [0.05, 0.1) is 35.3 Å². The van der Waals surface area contributed by atoms with Crippen molar-refractivity contribution >= 4 is 32.2 Å². The number of nitrogens with one attached hydrogen (secondary N) is 1. The molecule has 2 aromatic rings. The van der Waals surface area contributed by atoms with E-state index in [-0.39, 0.29) is 29.0 Å². The number of likely N-dealkylation sites (tertiary alicyclic amines) is 1. The van der Waals surface area contributed by atoms with Crippen LogP contribution in [0.1, 0.15) is 55.8 Å². The van der Waals surface area contributed by atoms with E-state index in [2.05, 4.69) is 24.1 Å². The van der Waals surface area contributed by atoms with Gasteiger partial charge >= 0.3 is 6.18 Å². The lowest BCUT2D eigenvalue weighted by Crippen LogP contribution is -2.42. The third-order valence-corrected chi connectivity index (χ3v) is 9.98. The summed E-state index contributed by atoms with van der Waals surface area (Å²) in [6.45, 7) is 7.53. The monoisotopic (exact) mass is 572 g/mol. The summed E-state index contributed by atoms with van der Waals surface area (Å²) < 4.78 is 62.1. The molecular weight excluding hydrogens is 537 g/mol. The number of fused-ring (bicyclic) bond motifs is 1. The smallest absolute Gasteiger partial charge is 0.302 e. The molecule has 2 aliphatic rings. The van der Waals surface area contributed by atoms with Gasteiger partial charge in [-0.3, -0.25) is 14.6 Å². The van der Waals surface area contributed by atoms with Crippen LogP contribution in [0.5, 0.6) is 0 Å². The van der Waals surface area contributed by atoms with E-state index < -0.39 is 22.6 Å².